The third-order valence-electron chi connectivity index (χ3n) is 5.89. The number of ether oxygens (including phenoxy) is 1. The molecule has 9 nitrogen and oxygen atoms in total. The van der Waals surface area contributed by atoms with Gasteiger partial charge in [0.1, 0.15) is 29.4 Å². The van der Waals surface area contributed by atoms with Crippen LogP contribution in [0.2, 0.25) is 0 Å². The van der Waals surface area contributed by atoms with Crippen LogP contribution >= 0.6 is 0 Å². The molecule has 2 fully saturated rings. The van der Waals surface area contributed by atoms with E-state index in [4.69, 9.17) is 4.74 Å². The number of aromatic nitrogens is 6. The minimum absolute atomic E-state index is 0.355. The molecule has 1 N–H and O–H groups in total. The average molecular weight is 382 g/mol. The Morgan fingerprint density at radius 1 is 1.18 bits per heavy atom. The van der Waals surface area contributed by atoms with Crippen LogP contribution in [-0.4, -0.2) is 74.0 Å². The van der Waals surface area contributed by atoms with Gasteiger partial charge in [-0.15, -0.1) is 10.2 Å². The Kier molecular flexibility index (Phi) is 4.69. The van der Waals surface area contributed by atoms with Crippen molar-refractivity contribution in [1.82, 2.24) is 34.6 Å². The lowest BCUT2D eigenvalue weighted by molar-refractivity contribution is 0.0326. The molecule has 2 aliphatic heterocycles. The van der Waals surface area contributed by atoms with Gasteiger partial charge in [-0.05, 0) is 18.9 Å². The van der Waals surface area contributed by atoms with Gasteiger partial charge in [-0.1, -0.05) is 0 Å². The van der Waals surface area contributed by atoms with E-state index >= 15 is 0 Å². The lowest BCUT2D eigenvalue weighted by atomic mass is 9.97. The molecular weight excluding hydrogens is 356 g/mol. The van der Waals surface area contributed by atoms with Crippen molar-refractivity contribution in [2.24, 2.45) is 7.05 Å². The standard InChI is InChI=1S/C19H26N8O/c1-25-16(12-26-7-9-28-10-8-26)23-24-18(25)14-3-2-6-27(11-14)19-15-4-5-20-17(15)21-13-22-19/h4-5,13-14H,2-3,6-12H2,1H3,(H,20,21,22)/t14-/m1/s1. The van der Waals surface area contributed by atoms with Gasteiger partial charge in [0.25, 0.3) is 0 Å². The van der Waals surface area contributed by atoms with Crippen molar-refractivity contribution in [2.75, 3.05) is 44.3 Å². The number of morpholine rings is 1. The maximum atomic E-state index is 5.44. The number of nitrogens with zero attached hydrogens (tertiary/aromatic N) is 7. The Morgan fingerprint density at radius 2 is 2.07 bits per heavy atom. The van der Waals surface area contributed by atoms with Gasteiger partial charge in [0.2, 0.25) is 0 Å². The van der Waals surface area contributed by atoms with Gasteiger partial charge in [0.15, 0.2) is 0 Å². The first-order valence-corrected chi connectivity index (χ1v) is 10.0. The van der Waals surface area contributed by atoms with Gasteiger partial charge >= 0.3 is 0 Å². The first-order valence-electron chi connectivity index (χ1n) is 10.0. The molecule has 2 aliphatic rings. The van der Waals surface area contributed by atoms with E-state index in [1.165, 1.54) is 0 Å². The number of anilines is 1. The van der Waals surface area contributed by atoms with Crippen LogP contribution in [0, 0.1) is 0 Å². The second-order valence-corrected chi connectivity index (χ2v) is 7.64. The summed E-state index contributed by atoms with van der Waals surface area (Å²) < 4.78 is 7.63. The molecule has 2 saturated heterocycles. The Balaban J connectivity index is 1.34. The van der Waals surface area contributed by atoms with E-state index in [1.54, 1.807) is 6.33 Å². The van der Waals surface area contributed by atoms with Crippen LogP contribution in [0.1, 0.15) is 30.4 Å². The zero-order valence-corrected chi connectivity index (χ0v) is 16.2. The van der Waals surface area contributed by atoms with Crippen molar-refractivity contribution < 1.29 is 4.74 Å². The molecule has 0 amide bonds. The molecule has 9 heteroatoms. The minimum Gasteiger partial charge on any atom is -0.379 e. The molecule has 5 heterocycles. The highest BCUT2D eigenvalue weighted by Crippen LogP contribution is 2.31. The van der Waals surface area contributed by atoms with E-state index in [2.05, 4.69) is 52.6 Å². The van der Waals surface area contributed by atoms with E-state index in [0.29, 0.717) is 5.92 Å². The maximum Gasteiger partial charge on any atom is 0.146 e. The van der Waals surface area contributed by atoms with E-state index in [9.17, 15) is 0 Å². The predicted octanol–water partition coefficient (Wildman–Crippen LogP) is 1.30. The normalized spacial score (nSPS) is 21.5. The summed E-state index contributed by atoms with van der Waals surface area (Å²) in [7, 11) is 2.10. The average Bonchev–Trinajstić information content (AvgIpc) is 3.36. The topological polar surface area (TPSA) is 88.0 Å². The second-order valence-electron chi connectivity index (χ2n) is 7.64. The Hall–Kier alpha value is -2.52. The molecule has 3 aromatic rings. The number of hydrogen-bond donors (Lipinski definition) is 1. The largest absolute Gasteiger partial charge is 0.379 e. The molecule has 0 saturated carbocycles. The molecule has 0 radical (unpaired) electrons. The van der Waals surface area contributed by atoms with E-state index < -0.39 is 0 Å². The summed E-state index contributed by atoms with van der Waals surface area (Å²) in [6.07, 6.45) is 5.80. The fourth-order valence-corrected chi connectivity index (χ4v) is 4.32. The Labute approximate surface area is 163 Å². The Morgan fingerprint density at radius 3 is 2.96 bits per heavy atom. The van der Waals surface area contributed by atoms with E-state index in [1.807, 2.05) is 6.20 Å². The first-order chi connectivity index (χ1) is 13.8. The summed E-state index contributed by atoms with van der Waals surface area (Å²) in [4.78, 5) is 16.8. The van der Waals surface area contributed by atoms with E-state index in [-0.39, 0.29) is 0 Å². The highest BCUT2D eigenvalue weighted by molar-refractivity contribution is 5.87. The third-order valence-corrected chi connectivity index (χ3v) is 5.89. The van der Waals surface area contributed by atoms with Crippen LogP contribution in [0.15, 0.2) is 18.6 Å². The molecule has 0 aliphatic carbocycles. The van der Waals surface area contributed by atoms with Crippen LogP contribution in [0.25, 0.3) is 11.0 Å². The molecule has 148 valence electrons. The number of nitrogens with one attached hydrogen (secondary N) is 1. The minimum atomic E-state index is 0.355. The fourth-order valence-electron chi connectivity index (χ4n) is 4.32. The quantitative estimate of drug-likeness (QED) is 0.728. The summed E-state index contributed by atoms with van der Waals surface area (Å²) in [5.74, 6) is 3.47. The third kappa shape index (κ3) is 3.24. The van der Waals surface area contributed by atoms with Crippen molar-refractivity contribution in [1.29, 1.82) is 0 Å². The molecule has 1 atom stereocenters. The summed E-state index contributed by atoms with van der Waals surface area (Å²) in [6.45, 7) is 6.26. The zero-order chi connectivity index (χ0) is 18.9. The molecule has 0 aromatic carbocycles. The summed E-state index contributed by atoms with van der Waals surface area (Å²) in [5.41, 5.74) is 0.888. The molecule has 28 heavy (non-hydrogen) atoms. The van der Waals surface area contributed by atoms with Gasteiger partial charge in [-0.3, -0.25) is 4.90 Å². The molecule has 0 unspecified atom stereocenters. The van der Waals surface area contributed by atoms with Crippen molar-refractivity contribution in [2.45, 2.75) is 25.3 Å². The van der Waals surface area contributed by atoms with Crippen LogP contribution < -0.4 is 4.90 Å². The van der Waals surface area contributed by atoms with Gasteiger partial charge in [0, 0.05) is 45.3 Å². The van der Waals surface area contributed by atoms with Crippen molar-refractivity contribution in [3.63, 3.8) is 0 Å². The van der Waals surface area contributed by atoms with Crippen molar-refractivity contribution in [3.8, 4) is 0 Å². The van der Waals surface area contributed by atoms with Crippen LogP contribution in [0.3, 0.4) is 0 Å². The molecule has 3 aromatic heterocycles. The SMILES string of the molecule is Cn1c(CN2CCOCC2)nnc1[C@@H]1CCCN(c2ncnc3[nH]ccc23)C1. The number of H-pyrrole nitrogens is 1. The van der Waals surface area contributed by atoms with Crippen LogP contribution in [-0.2, 0) is 18.3 Å². The van der Waals surface area contributed by atoms with Gasteiger partial charge < -0.3 is 19.2 Å². The highest BCUT2D eigenvalue weighted by Gasteiger charge is 2.28. The number of hydrogen-bond acceptors (Lipinski definition) is 7. The smallest absolute Gasteiger partial charge is 0.146 e. The lowest BCUT2D eigenvalue weighted by Crippen LogP contribution is -2.37. The zero-order valence-electron chi connectivity index (χ0n) is 16.2. The maximum absolute atomic E-state index is 5.44. The molecule has 5 rings (SSSR count). The fraction of sp³-hybridized carbons (Fsp3) is 0.579. The number of piperidine rings is 1. The van der Waals surface area contributed by atoms with Crippen molar-refractivity contribution >= 4 is 16.9 Å². The predicted molar refractivity (Wildman–Crippen MR) is 105 cm³/mol. The van der Waals surface area contributed by atoms with Gasteiger partial charge in [-0.25, -0.2) is 9.97 Å². The highest BCUT2D eigenvalue weighted by atomic mass is 16.5. The van der Waals surface area contributed by atoms with Crippen LogP contribution in [0.5, 0.6) is 0 Å². The molecule has 0 spiro atoms. The lowest BCUT2D eigenvalue weighted by Gasteiger charge is -2.33. The second kappa shape index (κ2) is 7.48. The summed E-state index contributed by atoms with van der Waals surface area (Å²) in [6, 6.07) is 2.05. The van der Waals surface area contributed by atoms with Gasteiger partial charge in [-0.2, -0.15) is 0 Å². The van der Waals surface area contributed by atoms with Gasteiger partial charge in [0.05, 0.1) is 25.1 Å². The Bertz CT molecular complexity index is 944. The number of rotatable bonds is 4. The van der Waals surface area contributed by atoms with Crippen molar-refractivity contribution in [3.05, 3.63) is 30.2 Å². The first kappa shape index (κ1) is 17.6. The van der Waals surface area contributed by atoms with E-state index in [0.717, 1.165) is 87.3 Å². The summed E-state index contributed by atoms with van der Waals surface area (Å²) >= 11 is 0. The number of fused-ring (bicyclic) bond motifs is 1. The number of aromatic amines is 1. The summed E-state index contributed by atoms with van der Waals surface area (Å²) in [5, 5.41) is 10.2. The van der Waals surface area contributed by atoms with Crippen LogP contribution in [0.4, 0.5) is 5.82 Å². The molecule has 0 bridgehead atoms. The monoisotopic (exact) mass is 382 g/mol. The molecular formula is C19H26N8O.